The SMILES string of the molecule is COC(=O)C=Cc1ccc(OC)c(C#N)c1. The Balaban J connectivity index is 2.97. The molecule has 0 aliphatic rings. The van der Waals surface area contributed by atoms with Crippen LogP contribution >= 0.6 is 0 Å². The third kappa shape index (κ3) is 2.85. The van der Waals surface area contributed by atoms with Crippen LogP contribution in [0.25, 0.3) is 6.08 Å². The van der Waals surface area contributed by atoms with E-state index in [0.717, 1.165) is 5.56 Å². The molecular formula is C12H11NO3. The smallest absolute Gasteiger partial charge is 0.330 e. The Hall–Kier alpha value is -2.28. The van der Waals surface area contributed by atoms with Gasteiger partial charge < -0.3 is 9.47 Å². The fourth-order valence-corrected chi connectivity index (χ4v) is 1.15. The largest absolute Gasteiger partial charge is 0.495 e. The second-order valence-corrected chi connectivity index (χ2v) is 2.93. The molecule has 0 N–H and O–H groups in total. The van der Waals surface area contributed by atoms with Crippen molar-refractivity contribution in [1.29, 1.82) is 5.26 Å². The second kappa shape index (κ2) is 5.56. The first-order chi connectivity index (χ1) is 7.71. The van der Waals surface area contributed by atoms with Crippen LogP contribution in [0.4, 0.5) is 0 Å². The summed E-state index contributed by atoms with van der Waals surface area (Å²) in [7, 11) is 2.81. The lowest BCUT2D eigenvalue weighted by Crippen LogP contribution is -1.93. The van der Waals surface area contributed by atoms with Crippen LogP contribution in [0.15, 0.2) is 24.3 Å². The summed E-state index contributed by atoms with van der Waals surface area (Å²) in [5, 5.41) is 8.85. The van der Waals surface area contributed by atoms with Crippen molar-refractivity contribution in [3.8, 4) is 11.8 Å². The highest BCUT2D eigenvalue weighted by Crippen LogP contribution is 2.19. The molecule has 0 unspecified atom stereocenters. The third-order valence-electron chi connectivity index (χ3n) is 1.96. The fourth-order valence-electron chi connectivity index (χ4n) is 1.15. The van der Waals surface area contributed by atoms with E-state index in [1.165, 1.54) is 20.3 Å². The van der Waals surface area contributed by atoms with Crippen LogP contribution in [0.2, 0.25) is 0 Å². The molecule has 0 heterocycles. The van der Waals surface area contributed by atoms with Crippen molar-refractivity contribution in [2.75, 3.05) is 14.2 Å². The summed E-state index contributed by atoms with van der Waals surface area (Å²) < 4.78 is 9.46. The van der Waals surface area contributed by atoms with Crippen LogP contribution in [0, 0.1) is 11.3 Å². The molecule has 1 rings (SSSR count). The molecule has 16 heavy (non-hydrogen) atoms. The molecule has 0 aliphatic heterocycles. The Bertz CT molecular complexity index is 458. The molecule has 0 aromatic heterocycles. The molecule has 82 valence electrons. The summed E-state index contributed by atoms with van der Waals surface area (Å²) in [6.07, 6.45) is 2.87. The van der Waals surface area contributed by atoms with Gasteiger partial charge in [-0.1, -0.05) is 6.07 Å². The molecule has 1 aromatic rings. The van der Waals surface area contributed by atoms with E-state index >= 15 is 0 Å². The van der Waals surface area contributed by atoms with Crippen molar-refractivity contribution in [2.24, 2.45) is 0 Å². The summed E-state index contributed by atoms with van der Waals surface area (Å²) in [5.74, 6) is 0.0760. The molecule has 0 spiro atoms. The fraction of sp³-hybridized carbons (Fsp3) is 0.167. The highest BCUT2D eigenvalue weighted by Gasteiger charge is 2.02. The van der Waals surface area contributed by atoms with Gasteiger partial charge in [-0.3, -0.25) is 0 Å². The van der Waals surface area contributed by atoms with Gasteiger partial charge in [0.15, 0.2) is 0 Å². The summed E-state index contributed by atoms with van der Waals surface area (Å²) in [6.45, 7) is 0. The molecule has 0 radical (unpaired) electrons. The van der Waals surface area contributed by atoms with Gasteiger partial charge in [0.05, 0.1) is 19.8 Å². The Morgan fingerprint density at radius 3 is 2.75 bits per heavy atom. The van der Waals surface area contributed by atoms with E-state index < -0.39 is 5.97 Å². The van der Waals surface area contributed by atoms with E-state index in [2.05, 4.69) is 4.74 Å². The molecular weight excluding hydrogens is 206 g/mol. The van der Waals surface area contributed by atoms with Crippen LogP contribution in [-0.2, 0) is 9.53 Å². The molecule has 0 saturated carbocycles. The molecule has 0 saturated heterocycles. The van der Waals surface area contributed by atoms with Crippen molar-refractivity contribution in [1.82, 2.24) is 0 Å². The second-order valence-electron chi connectivity index (χ2n) is 2.93. The lowest BCUT2D eigenvalue weighted by molar-refractivity contribution is -0.134. The van der Waals surface area contributed by atoms with Gasteiger partial charge in [0.2, 0.25) is 0 Å². The van der Waals surface area contributed by atoms with E-state index in [1.54, 1.807) is 24.3 Å². The first kappa shape index (κ1) is 11.8. The minimum atomic E-state index is -0.436. The van der Waals surface area contributed by atoms with E-state index in [1.807, 2.05) is 6.07 Å². The standard InChI is InChI=1S/C12H11NO3/c1-15-11-5-3-9(7-10(11)8-13)4-6-12(14)16-2/h3-7H,1-2H3. The zero-order chi connectivity index (χ0) is 12.0. The van der Waals surface area contributed by atoms with Crippen LogP contribution in [0.3, 0.4) is 0 Å². The minimum Gasteiger partial charge on any atom is -0.495 e. The lowest BCUT2D eigenvalue weighted by atomic mass is 10.1. The molecule has 1 aromatic carbocycles. The van der Waals surface area contributed by atoms with Gasteiger partial charge in [0, 0.05) is 6.08 Å². The van der Waals surface area contributed by atoms with Crippen molar-refractivity contribution < 1.29 is 14.3 Å². The van der Waals surface area contributed by atoms with Gasteiger partial charge in [-0.25, -0.2) is 4.79 Å². The zero-order valence-electron chi connectivity index (χ0n) is 9.06. The van der Waals surface area contributed by atoms with E-state index in [0.29, 0.717) is 11.3 Å². The van der Waals surface area contributed by atoms with Crippen molar-refractivity contribution >= 4 is 12.0 Å². The number of hydrogen-bond acceptors (Lipinski definition) is 4. The van der Waals surface area contributed by atoms with Gasteiger partial charge in [-0.05, 0) is 23.8 Å². The average molecular weight is 217 g/mol. The normalized spacial score (nSPS) is 9.81. The minimum absolute atomic E-state index is 0.425. The lowest BCUT2D eigenvalue weighted by Gasteiger charge is -2.02. The average Bonchev–Trinajstić information content (AvgIpc) is 2.35. The predicted octanol–water partition coefficient (Wildman–Crippen LogP) is 1.75. The third-order valence-corrected chi connectivity index (χ3v) is 1.96. The molecule has 0 aliphatic carbocycles. The van der Waals surface area contributed by atoms with Gasteiger partial charge in [-0.15, -0.1) is 0 Å². The Morgan fingerprint density at radius 2 is 2.19 bits per heavy atom. The van der Waals surface area contributed by atoms with Gasteiger partial charge in [0.1, 0.15) is 11.8 Å². The topological polar surface area (TPSA) is 59.3 Å². The Kier molecular flexibility index (Phi) is 4.10. The number of ether oxygens (including phenoxy) is 2. The van der Waals surface area contributed by atoms with Crippen molar-refractivity contribution in [3.63, 3.8) is 0 Å². The zero-order valence-corrected chi connectivity index (χ0v) is 9.06. The first-order valence-electron chi connectivity index (χ1n) is 4.55. The van der Waals surface area contributed by atoms with Crippen molar-refractivity contribution in [3.05, 3.63) is 35.4 Å². The van der Waals surface area contributed by atoms with Crippen LogP contribution in [-0.4, -0.2) is 20.2 Å². The molecule has 0 amide bonds. The highest BCUT2D eigenvalue weighted by molar-refractivity contribution is 5.87. The summed E-state index contributed by atoms with van der Waals surface area (Å²) in [6, 6.07) is 7.08. The number of carbonyl (C=O) groups is 1. The molecule has 0 atom stereocenters. The number of rotatable bonds is 3. The first-order valence-corrected chi connectivity index (χ1v) is 4.55. The predicted molar refractivity (Wildman–Crippen MR) is 58.8 cm³/mol. The number of carbonyl (C=O) groups excluding carboxylic acids is 1. The van der Waals surface area contributed by atoms with Crippen LogP contribution < -0.4 is 4.74 Å². The number of nitriles is 1. The number of methoxy groups -OCH3 is 2. The van der Waals surface area contributed by atoms with Gasteiger partial charge in [-0.2, -0.15) is 5.26 Å². The van der Waals surface area contributed by atoms with E-state index in [-0.39, 0.29) is 0 Å². The Labute approximate surface area is 93.7 Å². The Morgan fingerprint density at radius 1 is 1.44 bits per heavy atom. The highest BCUT2D eigenvalue weighted by atomic mass is 16.5. The molecule has 4 heteroatoms. The molecule has 4 nitrogen and oxygen atoms in total. The monoisotopic (exact) mass is 217 g/mol. The number of benzene rings is 1. The van der Waals surface area contributed by atoms with Crippen LogP contribution in [0.5, 0.6) is 5.75 Å². The number of esters is 1. The van der Waals surface area contributed by atoms with Crippen LogP contribution in [0.1, 0.15) is 11.1 Å². The quantitative estimate of drug-likeness (QED) is 0.571. The maximum absolute atomic E-state index is 10.9. The van der Waals surface area contributed by atoms with Gasteiger partial charge >= 0.3 is 5.97 Å². The van der Waals surface area contributed by atoms with E-state index in [9.17, 15) is 4.79 Å². The number of nitrogens with zero attached hydrogens (tertiary/aromatic N) is 1. The van der Waals surface area contributed by atoms with Crippen molar-refractivity contribution in [2.45, 2.75) is 0 Å². The molecule has 0 bridgehead atoms. The maximum Gasteiger partial charge on any atom is 0.330 e. The summed E-state index contributed by atoms with van der Waals surface area (Å²) in [5.41, 5.74) is 1.16. The maximum atomic E-state index is 10.9. The molecule has 0 fully saturated rings. The summed E-state index contributed by atoms with van der Waals surface area (Å²) in [4.78, 5) is 10.9. The number of hydrogen-bond donors (Lipinski definition) is 0. The van der Waals surface area contributed by atoms with E-state index in [4.69, 9.17) is 10.00 Å². The van der Waals surface area contributed by atoms with Gasteiger partial charge in [0.25, 0.3) is 0 Å². The summed E-state index contributed by atoms with van der Waals surface area (Å²) >= 11 is 0.